The van der Waals surface area contributed by atoms with E-state index in [4.69, 9.17) is 0 Å². The minimum absolute atomic E-state index is 0.0312. The van der Waals surface area contributed by atoms with E-state index in [1.54, 1.807) is 6.08 Å². The minimum Gasteiger partial charge on any atom is -0.508 e. The van der Waals surface area contributed by atoms with Gasteiger partial charge in [0.05, 0.1) is 5.41 Å². The minimum atomic E-state index is -1.69. The Bertz CT molecular complexity index is 808. The fraction of sp³-hybridized carbons (Fsp3) is 0.636. The van der Waals surface area contributed by atoms with E-state index in [1.165, 1.54) is 6.08 Å². The number of hydrogen-bond donors (Lipinski definition) is 3. The molecule has 0 unspecified atom stereocenters. The quantitative estimate of drug-likeness (QED) is 0.648. The summed E-state index contributed by atoms with van der Waals surface area (Å²) in [6.07, 6.45) is 6.54. The number of Topliss-reactive ketones (excluding diaryl/α,β-unsaturated/α-hetero) is 1. The topological polar surface area (TPSA) is 94.8 Å². The van der Waals surface area contributed by atoms with Gasteiger partial charge in [0.15, 0.2) is 17.2 Å². The lowest BCUT2D eigenvalue weighted by Gasteiger charge is -2.57. The number of fused-ring (bicyclic) bond motifs is 5. The van der Waals surface area contributed by atoms with Crippen molar-refractivity contribution in [3.8, 4) is 0 Å². The molecule has 0 heterocycles. The zero-order chi connectivity index (χ0) is 19.8. The van der Waals surface area contributed by atoms with Crippen LogP contribution < -0.4 is 0 Å². The van der Waals surface area contributed by atoms with Gasteiger partial charge >= 0.3 is 0 Å². The van der Waals surface area contributed by atoms with Crippen LogP contribution in [0, 0.1) is 28.6 Å². The summed E-state index contributed by atoms with van der Waals surface area (Å²) in [5, 5.41) is 30.6. The van der Waals surface area contributed by atoms with Gasteiger partial charge < -0.3 is 15.3 Å². The van der Waals surface area contributed by atoms with Crippen LogP contribution in [0.4, 0.5) is 0 Å². The second kappa shape index (κ2) is 5.65. The Morgan fingerprint density at radius 1 is 1.26 bits per heavy atom. The molecule has 27 heavy (non-hydrogen) atoms. The first-order valence-corrected chi connectivity index (χ1v) is 9.81. The maximum atomic E-state index is 12.9. The molecule has 3 saturated carbocycles. The molecule has 0 aromatic heterocycles. The van der Waals surface area contributed by atoms with Crippen molar-refractivity contribution in [2.45, 2.75) is 51.6 Å². The monoisotopic (exact) mass is 372 g/mol. The number of ketones is 2. The van der Waals surface area contributed by atoms with Crippen molar-refractivity contribution in [3.63, 3.8) is 0 Å². The molecule has 146 valence electrons. The zero-order valence-electron chi connectivity index (χ0n) is 16.0. The molecule has 0 radical (unpaired) electrons. The highest BCUT2D eigenvalue weighted by atomic mass is 16.3. The average molecular weight is 372 g/mol. The number of rotatable bonds is 2. The molecule has 4 rings (SSSR count). The van der Waals surface area contributed by atoms with Gasteiger partial charge in [-0.25, -0.2) is 0 Å². The van der Waals surface area contributed by atoms with Crippen molar-refractivity contribution in [1.29, 1.82) is 0 Å². The second-order valence-electron chi connectivity index (χ2n) is 9.28. The van der Waals surface area contributed by atoms with Crippen LogP contribution in [0.25, 0.3) is 0 Å². The van der Waals surface area contributed by atoms with E-state index in [2.05, 4.69) is 6.58 Å². The van der Waals surface area contributed by atoms with Crippen LogP contribution in [-0.4, -0.2) is 39.1 Å². The van der Waals surface area contributed by atoms with Gasteiger partial charge in [-0.05, 0) is 68.4 Å². The van der Waals surface area contributed by atoms with Crippen LogP contribution in [0.2, 0.25) is 0 Å². The van der Waals surface area contributed by atoms with Gasteiger partial charge in [0.1, 0.15) is 12.4 Å². The smallest absolute Gasteiger partial charge is 0.194 e. The number of allylic oxidation sites excluding steroid dienone is 3. The molecule has 0 amide bonds. The van der Waals surface area contributed by atoms with Gasteiger partial charge in [0.25, 0.3) is 0 Å². The molecule has 0 aliphatic heterocycles. The molecule has 4 aliphatic rings. The summed E-state index contributed by atoms with van der Waals surface area (Å²) < 4.78 is 0. The maximum absolute atomic E-state index is 12.9. The number of carbonyl (C=O) groups is 2. The van der Waals surface area contributed by atoms with Gasteiger partial charge in [0, 0.05) is 11.5 Å². The lowest BCUT2D eigenvalue weighted by Crippen LogP contribution is -2.59. The molecule has 0 bridgehead atoms. The highest BCUT2D eigenvalue weighted by molar-refractivity contribution is 5.99. The van der Waals surface area contributed by atoms with Gasteiger partial charge in [-0.2, -0.15) is 0 Å². The standard InChI is InChI=1S/C22H28O5/c1-12-8-17-15-5-4-13-9-14(24)10-18(25)21(13,3)16(15)6-7-20(17,2)22(12,27)19(26)11-23/h9-10,15-17,23-24,27H,1,4-8,11H2,2-3H3/t15-,16+,17+,20+,21+,22+/m1/s1. The lowest BCUT2D eigenvalue weighted by atomic mass is 9.46. The second-order valence-corrected chi connectivity index (χ2v) is 9.28. The summed E-state index contributed by atoms with van der Waals surface area (Å²) in [6, 6.07) is 0. The summed E-state index contributed by atoms with van der Waals surface area (Å²) >= 11 is 0. The molecular formula is C22H28O5. The summed E-state index contributed by atoms with van der Waals surface area (Å²) in [5.74, 6) is -0.222. The molecule has 0 aromatic rings. The molecule has 4 aliphatic carbocycles. The van der Waals surface area contributed by atoms with Crippen molar-refractivity contribution in [3.05, 3.63) is 35.6 Å². The van der Waals surface area contributed by atoms with Gasteiger partial charge in [-0.3, -0.25) is 9.59 Å². The highest BCUT2D eigenvalue weighted by Gasteiger charge is 2.68. The SMILES string of the molecule is C=C1C[C@H]2[C@@H]3CCC4=CC(O)=CC(=O)[C@]4(C)[C@H]3CC[C@]2(C)[C@@]1(O)C(=O)CO. The third-order valence-electron chi connectivity index (χ3n) is 8.45. The Hall–Kier alpha value is -1.72. The molecule has 0 saturated heterocycles. The fourth-order valence-corrected chi connectivity index (χ4v) is 6.89. The number of aliphatic hydroxyl groups excluding tert-OH is 2. The number of hydrogen-bond acceptors (Lipinski definition) is 5. The van der Waals surface area contributed by atoms with E-state index in [0.717, 1.165) is 24.8 Å². The normalized spacial score (nSPS) is 46.1. The predicted octanol–water partition coefficient (Wildman–Crippen LogP) is 2.64. The van der Waals surface area contributed by atoms with Gasteiger partial charge in [-0.1, -0.05) is 19.1 Å². The van der Waals surface area contributed by atoms with E-state index in [-0.39, 0.29) is 29.3 Å². The first-order valence-electron chi connectivity index (χ1n) is 9.81. The lowest BCUT2D eigenvalue weighted by molar-refractivity contribution is -0.160. The van der Waals surface area contributed by atoms with E-state index in [9.17, 15) is 24.9 Å². The average Bonchev–Trinajstić information content (AvgIpc) is 2.83. The van der Waals surface area contributed by atoms with E-state index >= 15 is 0 Å². The fourth-order valence-electron chi connectivity index (χ4n) is 6.89. The molecular weight excluding hydrogens is 344 g/mol. The van der Waals surface area contributed by atoms with Crippen molar-refractivity contribution >= 4 is 11.6 Å². The Morgan fingerprint density at radius 3 is 2.63 bits per heavy atom. The predicted molar refractivity (Wildman–Crippen MR) is 99.8 cm³/mol. The van der Waals surface area contributed by atoms with E-state index in [0.29, 0.717) is 18.4 Å². The molecule has 0 spiro atoms. The molecule has 3 fully saturated rings. The molecule has 5 nitrogen and oxygen atoms in total. The van der Waals surface area contributed by atoms with Gasteiger partial charge in [-0.15, -0.1) is 0 Å². The summed E-state index contributed by atoms with van der Waals surface area (Å²) in [7, 11) is 0. The molecule has 3 N–H and O–H groups in total. The van der Waals surface area contributed by atoms with Crippen LogP contribution in [-0.2, 0) is 9.59 Å². The summed E-state index contributed by atoms with van der Waals surface area (Å²) in [6.45, 7) is 7.24. The molecule has 5 heteroatoms. The summed E-state index contributed by atoms with van der Waals surface area (Å²) in [5.41, 5.74) is -1.49. The third kappa shape index (κ3) is 2.07. The van der Waals surface area contributed by atoms with Crippen LogP contribution in [0.1, 0.15) is 46.0 Å². The van der Waals surface area contributed by atoms with Crippen LogP contribution >= 0.6 is 0 Å². The van der Waals surface area contributed by atoms with Crippen LogP contribution in [0.15, 0.2) is 35.6 Å². The Labute approximate surface area is 159 Å². The van der Waals surface area contributed by atoms with Gasteiger partial charge in [0.2, 0.25) is 0 Å². The first kappa shape index (κ1) is 18.6. The van der Waals surface area contributed by atoms with Crippen molar-refractivity contribution in [1.82, 2.24) is 0 Å². The summed E-state index contributed by atoms with van der Waals surface area (Å²) in [4.78, 5) is 25.4. The molecule has 6 atom stereocenters. The van der Waals surface area contributed by atoms with Crippen molar-refractivity contribution in [2.24, 2.45) is 28.6 Å². The van der Waals surface area contributed by atoms with E-state index < -0.39 is 28.8 Å². The number of carbonyl (C=O) groups excluding carboxylic acids is 2. The van der Waals surface area contributed by atoms with Crippen molar-refractivity contribution in [2.75, 3.05) is 6.61 Å². The van der Waals surface area contributed by atoms with Crippen LogP contribution in [0.5, 0.6) is 0 Å². The Balaban J connectivity index is 1.75. The largest absolute Gasteiger partial charge is 0.508 e. The first-order chi connectivity index (χ1) is 12.6. The molecule has 0 aromatic carbocycles. The number of aliphatic hydroxyl groups is 3. The van der Waals surface area contributed by atoms with E-state index in [1.807, 2.05) is 13.8 Å². The Kier molecular flexibility index (Phi) is 3.90. The Morgan fingerprint density at radius 2 is 1.96 bits per heavy atom. The zero-order valence-corrected chi connectivity index (χ0v) is 16.0. The van der Waals surface area contributed by atoms with Crippen molar-refractivity contribution < 1.29 is 24.9 Å². The maximum Gasteiger partial charge on any atom is 0.194 e. The highest BCUT2D eigenvalue weighted by Crippen LogP contribution is 2.68. The third-order valence-corrected chi connectivity index (χ3v) is 8.45. The van der Waals surface area contributed by atoms with Crippen LogP contribution in [0.3, 0.4) is 0 Å².